The number of fused-ring (bicyclic) bond motifs is 1. The number of nitrogens with two attached hydrogens (primary N) is 1. The molecule has 2 heterocycles. The molecule has 1 amide bonds. The zero-order valence-corrected chi connectivity index (χ0v) is 8.47. The van der Waals surface area contributed by atoms with Gasteiger partial charge >= 0.3 is 0 Å². The fraction of sp³-hybridized carbons (Fsp3) is 0.333. The maximum atomic E-state index is 11.3. The highest BCUT2D eigenvalue weighted by molar-refractivity contribution is 7.91. The minimum atomic E-state index is -3.38. The van der Waals surface area contributed by atoms with Gasteiger partial charge in [0, 0.05) is 6.54 Å². The molecule has 0 aliphatic carbocycles. The summed E-state index contributed by atoms with van der Waals surface area (Å²) in [5, 5.41) is -0.327. The molecule has 0 atom stereocenters. The molecule has 0 fully saturated rings. The average molecular weight is 236 g/mol. The Balaban J connectivity index is 2.75. The minimum absolute atomic E-state index is 0.0391. The zero-order chi connectivity index (χ0) is 10.5. The first-order valence-corrected chi connectivity index (χ1v) is 5.75. The van der Waals surface area contributed by atoms with Crippen molar-refractivity contribution >= 4 is 27.3 Å². The third-order valence-corrected chi connectivity index (χ3v) is 3.84. The predicted molar refractivity (Wildman–Crippen MR) is 47.8 cm³/mol. The van der Waals surface area contributed by atoms with Crippen LogP contribution in [0.25, 0.3) is 0 Å². The Morgan fingerprint density at radius 3 is 2.79 bits per heavy atom. The number of rotatable bonds is 1. The van der Waals surface area contributed by atoms with Gasteiger partial charge in [0.25, 0.3) is 5.91 Å². The molecule has 1 aromatic heterocycles. The van der Waals surface area contributed by atoms with Crippen molar-refractivity contribution in [3.63, 3.8) is 0 Å². The monoisotopic (exact) mass is 235 g/mol. The van der Waals surface area contributed by atoms with E-state index in [-0.39, 0.29) is 28.3 Å². The van der Waals surface area contributed by atoms with Gasteiger partial charge in [-0.25, -0.2) is 13.4 Å². The van der Waals surface area contributed by atoms with Gasteiger partial charge in [-0.1, -0.05) is 11.6 Å². The Kier molecular flexibility index (Phi) is 1.83. The number of aromatic nitrogens is 2. The van der Waals surface area contributed by atoms with Crippen LogP contribution in [0.3, 0.4) is 0 Å². The molecule has 6 nitrogen and oxygen atoms in total. The van der Waals surface area contributed by atoms with E-state index in [9.17, 15) is 13.2 Å². The van der Waals surface area contributed by atoms with E-state index in [0.717, 1.165) is 0 Å². The third kappa shape index (κ3) is 1.12. The standard InChI is InChI=1S/C6H6ClN3O3S/c7-4-3(5(8)11)10-1-2-14(12,13)6(10)9-4/h1-2H2,(H2,8,11). The van der Waals surface area contributed by atoms with Crippen LogP contribution in [0, 0.1) is 0 Å². The molecule has 1 aliphatic heterocycles. The first-order valence-electron chi connectivity index (χ1n) is 3.72. The number of primary amides is 1. The van der Waals surface area contributed by atoms with Crippen molar-refractivity contribution in [1.82, 2.24) is 9.55 Å². The number of hydrogen-bond acceptors (Lipinski definition) is 4. The third-order valence-electron chi connectivity index (χ3n) is 1.99. The molecule has 2 N–H and O–H groups in total. The number of halogens is 1. The molecule has 1 aliphatic rings. The molecule has 8 heteroatoms. The summed E-state index contributed by atoms with van der Waals surface area (Å²) >= 11 is 5.59. The molecule has 0 spiro atoms. The topological polar surface area (TPSA) is 95.1 Å². The van der Waals surface area contributed by atoms with Gasteiger partial charge in [-0.2, -0.15) is 0 Å². The largest absolute Gasteiger partial charge is 0.364 e. The number of carbonyl (C=O) groups is 1. The molecule has 0 aromatic carbocycles. The minimum Gasteiger partial charge on any atom is -0.364 e. The van der Waals surface area contributed by atoms with Crippen LogP contribution >= 0.6 is 11.6 Å². The van der Waals surface area contributed by atoms with Crippen molar-refractivity contribution in [2.45, 2.75) is 11.7 Å². The molecule has 1 aromatic rings. The van der Waals surface area contributed by atoms with Gasteiger partial charge in [0.05, 0.1) is 5.75 Å². The van der Waals surface area contributed by atoms with Gasteiger partial charge in [-0.3, -0.25) is 4.79 Å². The van der Waals surface area contributed by atoms with E-state index in [1.54, 1.807) is 0 Å². The maximum absolute atomic E-state index is 11.3. The molecule has 76 valence electrons. The summed E-state index contributed by atoms with van der Waals surface area (Å²) in [4.78, 5) is 14.5. The Hall–Kier alpha value is -1.08. The van der Waals surface area contributed by atoms with Crippen LogP contribution in [0.1, 0.15) is 10.5 Å². The van der Waals surface area contributed by atoms with Crippen molar-refractivity contribution in [2.75, 3.05) is 5.75 Å². The normalized spacial score (nSPS) is 18.1. The van der Waals surface area contributed by atoms with Crippen LogP contribution in [0.5, 0.6) is 0 Å². The van der Waals surface area contributed by atoms with Gasteiger partial charge in [-0.15, -0.1) is 0 Å². The van der Waals surface area contributed by atoms with E-state index in [1.807, 2.05) is 0 Å². The lowest BCUT2D eigenvalue weighted by Gasteiger charge is -1.97. The van der Waals surface area contributed by atoms with E-state index >= 15 is 0 Å². The molecular weight excluding hydrogens is 230 g/mol. The Labute approximate surface area is 84.6 Å². The van der Waals surface area contributed by atoms with Crippen LogP contribution in [0.2, 0.25) is 5.15 Å². The highest BCUT2D eigenvalue weighted by Gasteiger charge is 2.33. The molecule has 0 unspecified atom stereocenters. The quantitative estimate of drug-likeness (QED) is 0.705. The lowest BCUT2D eigenvalue weighted by molar-refractivity contribution is 0.0991. The first kappa shape index (κ1) is 9.47. The van der Waals surface area contributed by atoms with Gasteiger partial charge in [0.1, 0.15) is 5.69 Å². The average Bonchev–Trinajstić information content (AvgIpc) is 2.50. The highest BCUT2D eigenvalue weighted by Crippen LogP contribution is 2.25. The van der Waals surface area contributed by atoms with E-state index in [1.165, 1.54) is 4.57 Å². The zero-order valence-electron chi connectivity index (χ0n) is 6.90. The summed E-state index contributed by atoms with van der Waals surface area (Å²) in [5.74, 6) is -0.835. The highest BCUT2D eigenvalue weighted by atomic mass is 35.5. The number of sulfone groups is 1. The van der Waals surface area contributed by atoms with E-state index < -0.39 is 15.7 Å². The lowest BCUT2D eigenvalue weighted by Crippen LogP contribution is -2.16. The summed E-state index contributed by atoms with van der Waals surface area (Å²) in [6.45, 7) is 0.176. The lowest BCUT2D eigenvalue weighted by atomic mass is 10.4. The second kappa shape index (κ2) is 2.71. The molecule has 0 radical (unpaired) electrons. The SMILES string of the molecule is NC(=O)c1c(Cl)nc2n1CCS2(=O)=O. The summed E-state index contributed by atoms with van der Waals surface area (Å²) in [6, 6.07) is 0. The molecule has 14 heavy (non-hydrogen) atoms. The molecule has 0 saturated carbocycles. The second-order valence-electron chi connectivity index (χ2n) is 2.87. The van der Waals surface area contributed by atoms with E-state index in [2.05, 4.69) is 4.98 Å². The molecule has 0 bridgehead atoms. The Morgan fingerprint density at radius 2 is 2.21 bits per heavy atom. The fourth-order valence-electron chi connectivity index (χ4n) is 1.39. The first-order chi connectivity index (χ1) is 6.43. The van der Waals surface area contributed by atoms with Crippen molar-refractivity contribution in [1.29, 1.82) is 0 Å². The van der Waals surface area contributed by atoms with Crippen LogP contribution in [-0.4, -0.2) is 29.6 Å². The maximum Gasteiger partial charge on any atom is 0.268 e. The predicted octanol–water partition coefficient (Wildman–Crippen LogP) is -0.577. The second-order valence-corrected chi connectivity index (χ2v) is 5.23. The van der Waals surface area contributed by atoms with Crippen LogP contribution < -0.4 is 5.73 Å². The van der Waals surface area contributed by atoms with Crippen LogP contribution in [-0.2, 0) is 16.4 Å². The van der Waals surface area contributed by atoms with Crippen molar-refractivity contribution < 1.29 is 13.2 Å². The molecule has 0 saturated heterocycles. The number of hydrogen-bond donors (Lipinski definition) is 1. The summed E-state index contributed by atoms with van der Waals surface area (Å²) in [6.07, 6.45) is 0. The van der Waals surface area contributed by atoms with Crippen molar-refractivity contribution in [2.24, 2.45) is 5.73 Å². The van der Waals surface area contributed by atoms with E-state index in [0.29, 0.717) is 0 Å². The molecule has 2 rings (SSSR count). The summed E-state index contributed by atoms with van der Waals surface area (Å²) in [5.41, 5.74) is 5.00. The fourth-order valence-corrected chi connectivity index (χ4v) is 3.07. The number of imidazole rings is 1. The summed E-state index contributed by atoms with van der Waals surface area (Å²) in [7, 11) is -3.38. The Morgan fingerprint density at radius 1 is 1.57 bits per heavy atom. The van der Waals surface area contributed by atoms with Gasteiger partial charge < -0.3 is 10.3 Å². The number of carbonyl (C=O) groups excluding carboxylic acids is 1. The van der Waals surface area contributed by atoms with Crippen molar-refractivity contribution in [3.8, 4) is 0 Å². The number of amides is 1. The Bertz CT molecular complexity index is 519. The van der Waals surface area contributed by atoms with Gasteiger partial charge in [0.2, 0.25) is 15.0 Å². The number of nitrogens with zero attached hydrogens (tertiary/aromatic N) is 2. The smallest absolute Gasteiger partial charge is 0.268 e. The summed E-state index contributed by atoms with van der Waals surface area (Å²) < 4.78 is 23.9. The van der Waals surface area contributed by atoms with Crippen molar-refractivity contribution in [3.05, 3.63) is 10.8 Å². The van der Waals surface area contributed by atoms with E-state index in [4.69, 9.17) is 17.3 Å². The van der Waals surface area contributed by atoms with Crippen LogP contribution in [0.15, 0.2) is 5.16 Å². The molecular formula is C6H6ClN3O3S. The van der Waals surface area contributed by atoms with Gasteiger partial charge in [-0.05, 0) is 0 Å². The van der Waals surface area contributed by atoms with Gasteiger partial charge in [0.15, 0.2) is 5.15 Å². The van der Waals surface area contributed by atoms with Crippen LogP contribution in [0.4, 0.5) is 0 Å².